The maximum Gasteiger partial charge on any atom is 0.151 e. The van der Waals surface area contributed by atoms with Crippen molar-refractivity contribution in [2.45, 2.75) is 39.3 Å². The van der Waals surface area contributed by atoms with E-state index in [-0.39, 0.29) is 0 Å². The van der Waals surface area contributed by atoms with Crippen LogP contribution in [0, 0.1) is 0 Å². The summed E-state index contributed by atoms with van der Waals surface area (Å²) in [5.74, 6) is 0.972. The lowest BCUT2D eigenvalue weighted by Gasteiger charge is -2.04. The minimum absolute atomic E-state index is 0.569. The number of aromatic amines is 1. The van der Waals surface area contributed by atoms with E-state index in [4.69, 9.17) is 23.2 Å². The second kappa shape index (κ2) is 7.67. The first-order chi connectivity index (χ1) is 9.69. The molecule has 1 heterocycles. The topological polar surface area (TPSA) is 40.7 Å². The largest absolute Gasteiger partial charge is 0.344 e. The van der Waals surface area contributed by atoms with Crippen molar-refractivity contribution in [3.63, 3.8) is 0 Å². The highest BCUT2D eigenvalue weighted by Gasteiger charge is 2.07. The van der Waals surface area contributed by atoms with Gasteiger partial charge in [0.2, 0.25) is 0 Å². The number of H-pyrrole nitrogens is 1. The average molecular weight is 312 g/mol. The van der Waals surface area contributed by atoms with Crippen molar-refractivity contribution in [2.75, 3.05) is 0 Å². The van der Waals surface area contributed by atoms with E-state index >= 15 is 0 Å². The molecule has 2 N–H and O–H groups in total. The van der Waals surface area contributed by atoms with E-state index in [0.717, 1.165) is 42.3 Å². The summed E-state index contributed by atoms with van der Waals surface area (Å²) in [5.41, 5.74) is 2.14. The molecule has 0 spiro atoms. The smallest absolute Gasteiger partial charge is 0.151 e. The number of imidazole rings is 1. The van der Waals surface area contributed by atoms with Crippen molar-refractivity contribution < 1.29 is 0 Å². The number of aromatic nitrogens is 2. The van der Waals surface area contributed by atoms with Crippen LogP contribution in [0.4, 0.5) is 0 Å². The lowest BCUT2D eigenvalue weighted by Crippen LogP contribution is -2.13. The highest BCUT2D eigenvalue weighted by Crippen LogP contribution is 2.14. The molecule has 0 saturated heterocycles. The van der Waals surface area contributed by atoms with Crippen molar-refractivity contribution in [3.05, 3.63) is 51.5 Å². The van der Waals surface area contributed by atoms with Gasteiger partial charge in [-0.2, -0.15) is 0 Å². The van der Waals surface area contributed by atoms with Crippen LogP contribution in [0.5, 0.6) is 0 Å². The number of rotatable bonds is 7. The lowest BCUT2D eigenvalue weighted by atomic mass is 10.2. The average Bonchev–Trinajstić information content (AvgIpc) is 2.79. The lowest BCUT2D eigenvalue weighted by molar-refractivity contribution is 0.679. The van der Waals surface area contributed by atoms with Crippen LogP contribution >= 0.6 is 23.2 Å². The molecule has 2 aromatic rings. The van der Waals surface area contributed by atoms with Gasteiger partial charge in [0.25, 0.3) is 0 Å². The van der Waals surface area contributed by atoms with Crippen LogP contribution in [-0.2, 0) is 19.5 Å². The number of unbranched alkanes of at least 4 members (excludes halogenated alkanes) is 1. The van der Waals surface area contributed by atoms with E-state index in [1.165, 1.54) is 5.56 Å². The predicted octanol–water partition coefficient (Wildman–Crippen LogP) is 4.35. The monoisotopic (exact) mass is 311 g/mol. The number of benzene rings is 1. The highest BCUT2D eigenvalue weighted by atomic mass is 35.5. The molecule has 0 saturated carbocycles. The summed E-state index contributed by atoms with van der Waals surface area (Å²) in [6.45, 7) is 3.62. The van der Waals surface area contributed by atoms with Crippen LogP contribution in [0.25, 0.3) is 0 Å². The molecule has 0 fully saturated rings. The Morgan fingerprint density at radius 3 is 2.60 bits per heavy atom. The van der Waals surface area contributed by atoms with Crippen molar-refractivity contribution in [3.8, 4) is 0 Å². The molecular formula is C15H19Cl2N3. The van der Waals surface area contributed by atoms with E-state index in [9.17, 15) is 0 Å². The van der Waals surface area contributed by atoms with Gasteiger partial charge in [-0.3, -0.25) is 0 Å². The minimum atomic E-state index is 0.569. The number of hydrogen-bond donors (Lipinski definition) is 2. The number of halogens is 2. The molecule has 0 aliphatic rings. The van der Waals surface area contributed by atoms with Gasteiger partial charge >= 0.3 is 0 Å². The molecule has 108 valence electrons. The van der Waals surface area contributed by atoms with E-state index in [0.29, 0.717) is 11.7 Å². The quantitative estimate of drug-likeness (QED) is 0.798. The zero-order valence-corrected chi connectivity index (χ0v) is 13.1. The molecule has 0 aliphatic carbocycles. The molecule has 20 heavy (non-hydrogen) atoms. The molecule has 5 heteroatoms. The molecule has 1 aromatic heterocycles. The standard InChI is InChI=1S/C15H19Cl2N3/c1-2-3-4-14-19-13(15(17)20-14)10-18-9-11-5-7-12(16)8-6-11/h5-8,18H,2-4,9-10H2,1H3,(H,19,20). The molecule has 0 amide bonds. The van der Waals surface area contributed by atoms with Gasteiger partial charge in [-0.1, -0.05) is 48.7 Å². The molecule has 3 nitrogen and oxygen atoms in total. The van der Waals surface area contributed by atoms with Crippen molar-refractivity contribution in [1.82, 2.24) is 15.3 Å². The third-order valence-electron chi connectivity index (χ3n) is 3.09. The molecule has 1 aromatic carbocycles. The number of nitrogens with zero attached hydrogens (tertiary/aromatic N) is 1. The first-order valence-corrected chi connectivity index (χ1v) is 7.63. The van der Waals surface area contributed by atoms with Gasteiger partial charge in [-0.25, -0.2) is 4.98 Å². The molecular weight excluding hydrogens is 293 g/mol. The summed E-state index contributed by atoms with van der Waals surface area (Å²) in [5, 5.41) is 4.67. The van der Waals surface area contributed by atoms with E-state index in [1.54, 1.807) is 0 Å². The van der Waals surface area contributed by atoms with E-state index in [1.807, 2.05) is 24.3 Å². The summed E-state index contributed by atoms with van der Waals surface area (Å²) in [4.78, 5) is 7.62. The predicted molar refractivity (Wildman–Crippen MR) is 84.2 cm³/mol. The minimum Gasteiger partial charge on any atom is -0.344 e. The van der Waals surface area contributed by atoms with Gasteiger partial charge in [0.1, 0.15) is 5.82 Å². The van der Waals surface area contributed by atoms with Gasteiger partial charge in [0, 0.05) is 24.5 Å². The van der Waals surface area contributed by atoms with Crippen molar-refractivity contribution in [1.29, 1.82) is 0 Å². The summed E-state index contributed by atoms with van der Waals surface area (Å²) >= 11 is 12.0. The molecule has 2 rings (SSSR count). The number of hydrogen-bond acceptors (Lipinski definition) is 2. The van der Waals surface area contributed by atoms with Gasteiger partial charge in [0.15, 0.2) is 5.15 Å². The second-order valence-corrected chi connectivity index (χ2v) is 5.58. The Hall–Kier alpha value is -1.03. The third kappa shape index (κ3) is 4.51. The summed E-state index contributed by atoms with van der Waals surface area (Å²) in [7, 11) is 0. The van der Waals surface area contributed by atoms with Gasteiger partial charge in [-0.15, -0.1) is 0 Å². The SMILES string of the molecule is CCCCc1nc(Cl)c(CNCc2ccc(Cl)cc2)[nH]1. The maximum absolute atomic E-state index is 6.13. The maximum atomic E-state index is 6.13. The highest BCUT2D eigenvalue weighted by molar-refractivity contribution is 6.30. The molecule has 0 bridgehead atoms. The van der Waals surface area contributed by atoms with Gasteiger partial charge < -0.3 is 10.3 Å². The summed E-state index contributed by atoms with van der Waals surface area (Å²) in [6, 6.07) is 7.81. The molecule has 0 atom stereocenters. The van der Waals surface area contributed by atoms with E-state index in [2.05, 4.69) is 22.2 Å². The van der Waals surface area contributed by atoms with Crippen LogP contribution in [-0.4, -0.2) is 9.97 Å². The van der Waals surface area contributed by atoms with Crippen molar-refractivity contribution in [2.24, 2.45) is 0 Å². The Bertz CT molecular complexity index is 535. The van der Waals surface area contributed by atoms with Gasteiger partial charge in [-0.05, 0) is 24.1 Å². The summed E-state index contributed by atoms with van der Waals surface area (Å²) < 4.78 is 0. The third-order valence-corrected chi connectivity index (χ3v) is 3.65. The fraction of sp³-hybridized carbons (Fsp3) is 0.400. The Kier molecular flexibility index (Phi) is 5.89. The Morgan fingerprint density at radius 1 is 1.15 bits per heavy atom. The fourth-order valence-electron chi connectivity index (χ4n) is 1.95. The molecule has 0 unspecified atom stereocenters. The van der Waals surface area contributed by atoms with Gasteiger partial charge in [0.05, 0.1) is 5.69 Å². The van der Waals surface area contributed by atoms with Crippen LogP contribution in [0.3, 0.4) is 0 Å². The number of aryl methyl sites for hydroxylation is 1. The zero-order chi connectivity index (χ0) is 14.4. The van der Waals surface area contributed by atoms with Crippen LogP contribution in [0.2, 0.25) is 10.2 Å². The van der Waals surface area contributed by atoms with Crippen LogP contribution < -0.4 is 5.32 Å². The first kappa shape index (κ1) is 15.4. The Labute approximate surface area is 129 Å². The Balaban J connectivity index is 1.84. The van der Waals surface area contributed by atoms with Crippen LogP contribution in [0.1, 0.15) is 36.8 Å². The number of nitrogens with one attached hydrogen (secondary N) is 2. The first-order valence-electron chi connectivity index (χ1n) is 6.87. The van der Waals surface area contributed by atoms with E-state index < -0.39 is 0 Å². The second-order valence-electron chi connectivity index (χ2n) is 4.79. The van der Waals surface area contributed by atoms with Crippen LogP contribution in [0.15, 0.2) is 24.3 Å². The molecule has 0 aliphatic heterocycles. The zero-order valence-electron chi connectivity index (χ0n) is 11.5. The van der Waals surface area contributed by atoms with Crippen molar-refractivity contribution >= 4 is 23.2 Å². The fourth-order valence-corrected chi connectivity index (χ4v) is 2.30. The Morgan fingerprint density at radius 2 is 1.90 bits per heavy atom. The normalized spacial score (nSPS) is 10.9. The summed E-state index contributed by atoms with van der Waals surface area (Å²) in [6.07, 6.45) is 3.23. The molecule has 0 radical (unpaired) electrons.